The van der Waals surface area contributed by atoms with Crippen molar-refractivity contribution in [2.75, 3.05) is 18.9 Å². The van der Waals surface area contributed by atoms with Crippen molar-refractivity contribution in [3.63, 3.8) is 0 Å². The quantitative estimate of drug-likeness (QED) is 0.928. The molecule has 4 heteroatoms. The Hall–Kier alpha value is -1.84. The molecule has 4 nitrogen and oxygen atoms in total. The highest BCUT2D eigenvalue weighted by molar-refractivity contribution is 5.95. The molecule has 2 atom stereocenters. The molecular formula is C19H26N2O2. The number of likely N-dealkylation sites (N-methyl/N-ethyl adjacent to an activating group) is 1. The van der Waals surface area contributed by atoms with Gasteiger partial charge in [-0.3, -0.25) is 9.59 Å². The molecule has 1 N–H and O–H groups in total. The van der Waals surface area contributed by atoms with Gasteiger partial charge in [-0.25, -0.2) is 0 Å². The van der Waals surface area contributed by atoms with Crippen molar-refractivity contribution >= 4 is 17.5 Å². The Kier molecular flexibility index (Phi) is 4.42. The third kappa shape index (κ3) is 3.26. The summed E-state index contributed by atoms with van der Waals surface area (Å²) in [5.41, 5.74) is 3.05. The van der Waals surface area contributed by atoms with Crippen LogP contribution in [0.25, 0.3) is 0 Å². The summed E-state index contributed by atoms with van der Waals surface area (Å²) in [5, 5.41) is 2.93. The Labute approximate surface area is 138 Å². The van der Waals surface area contributed by atoms with Gasteiger partial charge in [0, 0.05) is 18.7 Å². The summed E-state index contributed by atoms with van der Waals surface area (Å²) >= 11 is 0. The van der Waals surface area contributed by atoms with Crippen molar-refractivity contribution < 1.29 is 9.59 Å². The number of hydrogen-bond acceptors (Lipinski definition) is 2. The zero-order chi connectivity index (χ0) is 16.6. The van der Waals surface area contributed by atoms with E-state index < -0.39 is 0 Å². The Bertz CT molecular complexity index is 614. The molecule has 3 rings (SSSR count). The Morgan fingerprint density at radius 2 is 1.83 bits per heavy atom. The van der Waals surface area contributed by atoms with Crippen LogP contribution in [0, 0.1) is 31.6 Å². The second-order valence-corrected chi connectivity index (χ2v) is 7.13. The van der Waals surface area contributed by atoms with E-state index in [1.807, 2.05) is 32.0 Å². The zero-order valence-corrected chi connectivity index (χ0v) is 14.3. The molecule has 2 aliphatic rings. The van der Waals surface area contributed by atoms with E-state index in [1.54, 1.807) is 11.9 Å². The second kappa shape index (κ2) is 6.34. The number of aryl methyl sites for hydroxylation is 1. The maximum absolute atomic E-state index is 12.5. The summed E-state index contributed by atoms with van der Waals surface area (Å²) in [6.07, 6.45) is 4.87. The lowest BCUT2D eigenvalue weighted by molar-refractivity contribution is -0.135. The number of benzene rings is 1. The number of carbonyl (C=O) groups excluding carboxylic acids is 2. The molecule has 2 saturated carbocycles. The largest absolute Gasteiger partial charge is 0.336 e. The van der Waals surface area contributed by atoms with Crippen LogP contribution in [-0.4, -0.2) is 30.3 Å². The third-order valence-electron chi connectivity index (χ3n) is 5.58. The van der Waals surface area contributed by atoms with Crippen molar-refractivity contribution in [1.82, 2.24) is 4.90 Å². The standard InChI is InChI=1S/C19H26N2O2/c1-12-7-6-10-16(13(12)2)20-17(22)11-21(3)19(23)18-14-8-4-5-9-15(14)18/h6-7,10,14-15,18H,4-5,8-9,11H2,1-3H3,(H,20,22)/t14-,15-/m1/s1. The van der Waals surface area contributed by atoms with E-state index in [2.05, 4.69) is 5.32 Å². The van der Waals surface area contributed by atoms with Gasteiger partial charge < -0.3 is 10.2 Å². The van der Waals surface area contributed by atoms with Gasteiger partial charge in [0.05, 0.1) is 6.54 Å². The van der Waals surface area contributed by atoms with Gasteiger partial charge in [-0.1, -0.05) is 25.0 Å². The fraction of sp³-hybridized carbons (Fsp3) is 0.579. The molecule has 1 aromatic carbocycles. The van der Waals surface area contributed by atoms with E-state index in [4.69, 9.17) is 0 Å². The lowest BCUT2D eigenvalue weighted by atomic mass is 10.0. The predicted octanol–water partition coefficient (Wildman–Crippen LogP) is 3.14. The summed E-state index contributed by atoms with van der Waals surface area (Å²) < 4.78 is 0. The molecule has 0 unspecified atom stereocenters. The number of anilines is 1. The van der Waals surface area contributed by atoms with E-state index in [1.165, 1.54) is 25.7 Å². The SMILES string of the molecule is Cc1cccc(NC(=O)CN(C)C(=O)C2[C@@H]3CCCC[C@@H]23)c1C. The number of nitrogens with one attached hydrogen (secondary N) is 1. The van der Waals surface area contributed by atoms with Crippen LogP contribution < -0.4 is 5.32 Å². The molecule has 0 aromatic heterocycles. The molecule has 2 aliphatic carbocycles. The van der Waals surface area contributed by atoms with Gasteiger partial charge in [-0.2, -0.15) is 0 Å². The first-order chi connectivity index (χ1) is 11.0. The fourth-order valence-electron chi connectivity index (χ4n) is 3.98. The number of rotatable bonds is 4. The molecule has 0 heterocycles. The number of fused-ring (bicyclic) bond motifs is 1. The molecule has 1 aromatic rings. The van der Waals surface area contributed by atoms with Crippen molar-refractivity contribution in [2.24, 2.45) is 17.8 Å². The first-order valence-corrected chi connectivity index (χ1v) is 8.60. The first-order valence-electron chi connectivity index (χ1n) is 8.60. The summed E-state index contributed by atoms with van der Waals surface area (Å²) in [6.45, 7) is 4.15. The molecule has 0 radical (unpaired) electrons. The minimum Gasteiger partial charge on any atom is -0.336 e. The van der Waals surface area contributed by atoms with Crippen LogP contribution in [0.5, 0.6) is 0 Å². The number of nitrogens with zero attached hydrogens (tertiary/aromatic N) is 1. The van der Waals surface area contributed by atoms with Gasteiger partial charge >= 0.3 is 0 Å². The predicted molar refractivity (Wildman–Crippen MR) is 91.1 cm³/mol. The number of amides is 2. The van der Waals surface area contributed by atoms with Gasteiger partial charge in [0.25, 0.3) is 0 Å². The average Bonchev–Trinajstić information content (AvgIpc) is 3.25. The average molecular weight is 314 g/mol. The fourth-order valence-corrected chi connectivity index (χ4v) is 3.98. The smallest absolute Gasteiger partial charge is 0.243 e. The van der Waals surface area contributed by atoms with Crippen LogP contribution >= 0.6 is 0 Å². The molecule has 23 heavy (non-hydrogen) atoms. The summed E-state index contributed by atoms with van der Waals surface area (Å²) in [4.78, 5) is 26.4. The highest BCUT2D eigenvalue weighted by Gasteiger charge is 2.55. The number of carbonyl (C=O) groups is 2. The maximum atomic E-state index is 12.5. The monoisotopic (exact) mass is 314 g/mol. The molecule has 2 amide bonds. The van der Waals surface area contributed by atoms with Gasteiger partial charge in [-0.15, -0.1) is 0 Å². The van der Waals surface area contributed by atoms with E-state index in [-0.39, 0.29) is 24.3 Å². The summed E-state index contributed by atoms with van der Waals surface area (Å²) in [5.74, 6) is 1.37. The second-order valence-electron chi connectivity index (χ2n) is 7.13. The lowest BCUT2D eigenvalue weighted by Gasteiger charge is -2.18. The third-order valence-corrected chi connectivity index (χ3v) is 5.58. The van der Waals surface area contributed by atoms with Crippen LogP contribution in [-0.2, 0) is 9.59 Å². The van der Waals surface area contributed by atoms with Crippen LogP contribution in [0.4, 0.5) is 5.69 Å². The number of hydrogen-bond donors (Lipinski definition) is 1. The molecule has 2 fully saturated rings. The van der Waals surface area contributed by atoms with E-state index >= 15 is 0 Å². The van der Waals surface area contributed by atoms with Crippen molar-refractivity contribution in [3.8, 4) is 0 Å². The van der Waals surface area contributed by atoms with Crippen molar-refractivity contribution in [1.29, 1.82) is 0 Å². The van der Waals surface area contributed by atoms with E-state index in [0.717, 1.165) is 16.8 Å². The zero-order valence-electron chi connectivity index (χ0n) is 14.3. The van der Waals surface area contributed by atoms with Crippen LogP contribution in [0.15, 0.2) is 18.2 Å². The Morgan fingerprint density at radius 1 is 1.17 bits per heavy atom. The van der Waals surface area contributed by atoms with E-state index in [0.29, 0.717) is 11.8 Å². The first kappa shape index (κ1) is 16.0. The Balaban J connectivity index is 1.55. The molecule has 0 saturated heterocycles. The van der Waals surface area contributed by atoms with Gasteiger partial charge in [0.15, 0.2) is 0 Å². The molecule has 124 valence electrons. The normalized spacial score (nSPS) is 25.4. The van der Waals surface area contributed by atoms with Gasteiger partial charge in [-0.05, 0) is 55.7 Å². The lowest BCUT2D eigenvalue weighted by Crippen LogP contribution is -2.36. The topological polar surface area (TPSA) is 49.4 Å². The van der Waals surface area contributed by atoms with Gasteiger partial charge in [0.2, 0.25) is 11.8 Å². The molecule has 0 aliphatic heterocycles. The minimum atomic E-state index is -0.127. The van der Waals surface area contributed by atoms with Crippen LogP contribution in [0.1, 0.15) is 36.8 Å². The highest BCUT2D eigenvalue weighted by atomic mass is 16.2. The molecule has 0 spiro atoms. The maximum Gasteiger partial charge on any atom is 0.243 e. The van der Waals surface area contributed by atoms with Gasteiger partial charge in [0.1, 0.15) is 0 Å². The highest BCUT2D eigenvalue weighted by Crippen LogP contribution is 2.55. The van der Waals surface area contributed by atoms with Crippen LogP contribution in [0.3, 0.4) is 0 Å². The van der Waals surface area contributed by atoms with Crippen LogP contribution in [0.2, 0.25) is 0 Å². The Morgan fingerprint density at radius 3 is 2.48 bits per heavy atom. The van der Waals surface area contributed by atoms with E-state index in [9.17, 15) is 9.59 Å². The molecule has 0 bridgehead atoms. The summed E-state index contributed by atoms with van der Waals surface area (Å²) in [6, 6.07) is 5.86. The van der Waals surface area contributed by atoms with Crippen molar-refractivity contribution in [3.05, 3.63) is 29.3 Å². The summed E-state index contributed by atoms with van der Waals surface area (Å²) in [7, 11) is 1.75. The minimum absolute atomic E-state index is 0.127. The van der Waals surface area contributed by atoms with Crippen molar-refractivity contribution in [2.45, 2.75) is 39.5 Å². The molecular weight excluding hydrogens is 288 g/mol.